The van der Waals surface area contributed by atoms with Crippen LogP contribution in [0.2, 0.25) is 0 Å². The standard InChI is InChI=1S/C17H18N2O2/c1-3-13-8-4-5-10-15(13)17(20)18-16-11-7-6-9-14(16)12(2)19-21/h4-11,21H,3H2,1-2H3,(H,18,20)/b19-12+. The zero-order valence-corrected chi connectivity index (χ0v) is 12.1. The average molecular weight is 282 g/mol. The van der Waals surface area contributed by atoms with E-state index < -0.39 is 0 Å². The number of hydrogen-bond acceptors (Lipinski definition) is 3. The number of amides is 1. The highest BCUT2D eigenvalue weighted by molar-refractivity contribution is 6.10. The van der Waals surface area contributed by atoms with Crippen LogP contribution in [-0.4, -0.2) is 16.8 Å². The fraction of sp³-hybridized carbons (Fsp3) is 0.176. The van der Waals surface area contributed by atoms with Crippen LogP contribution in [0, 0.1) is 0 Å². The highest BCUT2D eigenvalue weighted by atomic mass is 16.4. The fourth-order valence-electron chi connectivity index (χ4n) is 2.20. The summed E-state index contributed by atoms with van der Waals surface area (Å²) in [4.78, 5) is 12.4. The van der Waals surface area contributed by atoms with Gasteiger partial charge in [-0.2, -0.15) is 0 Å². The lowest BCUT2D eigenvalue weighted by Crippen LogP contribution is -2.16. The predicted molar refractivity (Wildman–Crippen MR) is 84.2 cm³/mol. The predicted octanol–water partition coefficient (Wildman–Crippen LogP) is 3.70. The highest BCUT2D eigenvalue weighted by Crippen LogP contribution is 2.18. The van der Waals surface area contributed by atoms with Gasteiger partial charge in [0.2, 0.25) is 0 Å². The maximum atomic E-state index is 12.4. The van der Waals surface area contributed by atoms with Crippen molar-refractivity contribution < 1.29 is 10.0 Å². The summed E-state index contributed by atoms with van der Waals surface area (Å²) in [5.41, 5.74) is 3.44. The average Bonchev–Trinajstić information content (AvgIpc) is 2.54. The number of carbonyl (C=O) groups is 1. The maximum Gasteiger partial charge on any atom is 0.255 e. The number of nitrogens with one attached hydrogen (secondary N) is 1. The molecule has 0 fully saturated rings. The van der Waals surface area contributed by atoms with Crippen molar-refractivity contribution in [2.45, 2.75) is 20.3 Å². The number of para-hydroxylation sites is 1. The van der Waals surface area contributed by atoms with E-state index in [0.717, 1.165) is 12.0 Å². The molecule has 0 heterocycles. The first-order valence-electron chi connectivity index (χ1n) is 6.84. The van der Waals surface area contributed by atoms with Gasteiger partial charge in [-0.05, 0) is 31.0 Å². The van der Waals surface area contributed by atoms with Crippen molar-refractivity contribution in [1.82, 2.24) is 0 Å². The van der Waals surface area contributed by atoms with E-state index in [4.69, 9.17) is 5.21 Å². The molecule has 0 atom stereocenters. The quantitative estimate of drug-likeness (QED) is 0.510. The first-order chi connectivity index (χ1) is 10.2. The Labute approximate surface area is 124 Å². The summed E-state index contributed by atoms with van der Waals surface area (Å²) >= 11 is 0. The van der Waals surface area contributed by atoms with Gasteiger partial charge >= 0.3 is 0 Å². The Hall–Kier alpha value is -2.62. The molecular formula is C17H18N2O2. The molecule has 1 amide bonds. The van der Waals surface area contributed by atoms with Gasteiger partial charge in [-0.1, -0.05) is 48.5 Å². The van der Waals surface area contributed by atoms with Crippen molar-refractivity contribution in [3.05, 3.63) is 65.2 Å². The van der Waals surface area contributed by atoms with Crippen LogP contribution < -0.4 is 5.32 Å². The molecule has 0 bridgehead atoms. The van der Waals surface area contributed by atoms with Crippen LogP contribution in [0.25, 0.3) is 0 Å². The molecule has 0 aliphatic carbocycles. The summed E-state index contributed by atoms with van der Waals surface area (Å²) in [6, 6.07) is 14.8. The molecule has 2 aromatic carbocycles. The topological polar surface area (TPSA) is 61.7 Å². The minimum atomic E-state index is -0.161. The maximum absolute atomic E-state index is 12.4. The van der Waals surface area contributed by atoms with E-state index in [2.05, 4.69) is 10.5 Å². The number of oxime groups is 1. The van der Waals surface area contributed by atoms with E-state index in [1.54, 1.807) is 19.1 Å². The van der Waals surface area contributed by atoms with E-state index in [-0.39, 0.29) is 5.91 Å². The summed E-state index contributed by atoms with van der Waals surface area (Å²) in [6.07, 6.45) is 0.794. The summed E-state index contributed by atoms with van der Waals surface area (Å²) in [5.74, 6) is -0.161. The van der Waals surface area contributed by atoms with Crippen molar-refractivity contribution in [3.8, 4) is 0 Å². The minimum absolute atomic E-state index is 0.161. The SMILES string of the molecule is CCc1ccccc1C(=O)Nc1ccccc1/C(C)=N/O. The van der Waals surface area contributed by atoms with Gasteiger partial charge in [0.15, 0.2) is 0 Å². The second-order valence-corrected chi connectivity index (χ2v) is 4.70. The molecule has 0 saturated carbocycles. The van der Waals surface area contributed by atoms with Gasteiger partial charge in [0.25, 0.3) is 5.91 Å². The molecule has 4 heteroatoms. The van der Waals surface area contributed by atoms with Gasteiger partial charge in [-0.3, -0.25) is 4.79 Å². The third kappa shape index (κ3) is 3.28. The zero-order valence-electron chi connectivity index (χ0n) is 12.1. The Morgan fingerprint density at radius 3 is 2.38 bits per heavy atom. The number of aryl methyl sites for hydroxylation is 1. The Bertz CT molecular complexity index is 678. The number of anilines is 1. The van der Waals surface area contributed by atoms with Crippen LogP contribution in [0.1, 0.15) is 35.3 Å². The van der Waals surface area contributed by atoms with E-state index >= 15 is 0 Å². The molecule has 0 unspecified atom stereocenters. The third-order valence-electron chi connectivity index (χ3n) is 3.36. The van der Waals surface area contributed by atoms with Gasteiger partial charge in [0.05, 0.1) is 11.4 Å². The molecule has 0 saturated heterocycles. The molecule has 0 aromatic heterocycles. The number of nitrogens with zero attached hydrogens (tertiary/aromatic N) is 1. The monoisotopic (exact) mass is 282 g/mol. The lowest BCUT2D eigenvalue weighted by atomic mass is 10.0. The molecule has 2 aromatic rings. The lowest BCUT2D eigenvalue weighted by Gasteiger charge is -2.12. The first-order valence-corrected chi connectivity index (χ1v) is 6.84. The molecule has 108 valence electrons. The van der Waals surface area contributed by atoms with Crippen molar-refractivity contribution in [3.63, 3.8) is 0 Å². The van der Waals surface area contributed by atoms with E-state index in [9.17, 15) is 4.79 Å². The van der Waals surface area contributed by atoms with E-state index in [1.165, 1.54) is 0 Å². The zero-order chi connectivity index (χ0) is 15.2. The van der Waals surface area contributed by atoms with Gasteiger partial charge in [0.1, 0.15) is 0 Å². The Morgan fingerprint density at radius 1 is 1.10 bits per heavy atom. The summed E-state index contributed by atoms with van der Waals surface area (Å²) in [6.45, 7) is 3.70. The largest absolute Gasteiger partial charge is 0.411 e. The number of carbonyl (C=O) groups excluding carboxylic acids is 1. The fourth-order valence-corrected chi connectivity index (χ4v) is 2.20. The van der Waals surface area contributed by atoms with Crippen LogP contribution in [0.4, 0.5) is 5.69 Å². The molecule has 4 nitrogen and oxygen atoms in total. The molecule has 0 aliphatic heterocycles. The summed E-state index contributed by atoms with van der Waals surface area (Å²) < 4.78 is 0. The van der Waals surface area contributed by atoms with E-state index in [0.29, 0.717) is 22.5 Å². The van der Waals surface area contributed by atoms with Crippen LogP contribution in [-0.2, 0) is 6.42 Å². The van der Waals surface area contributed by atoms with Crippen LogP contribution in [0.15, 0.2) is 53.7 Å². The van der Waals surface area contributed by atoms with Crippen LogP contribution >= 0.6 is 0 Å². The van der Waals surface area contributed by atoms with Gasteiger partial charge in [0, 0.05) is 11.1 Å². The molecule has 0 radical (unpaired) electrons. The summed E-state index contributed by atoms with van der Waals surface area (Å²) in [7, 11) is 0. The van der Waals surface area contributed by atoms with Crippen molar-refractivity contribution >= 4 is 17.3 Å². The number of rotatable bonds is 4. The van der Waals surface area contributed by atoms with Gasteiger partial charge in [-0.15, -0.1) is 0 Å². The van der Waals surface area contributed by atoms with E-state index in [1.807, 2.05) is 43.3 Å². The molecule has 0 spiro atoms. The molecule has 21 heavy (non-hydrogen) atoms. The molecule has 2 rings (SSSR count). The van der Waals surface area contributed by atoms with Crippen LogP contribution in [0.3, 0.4) is 0 Å². The van der Waals surface area contributed by atoms with Gasteiger partial charge < -0.3 is 10.5 Å². The molecule has 0 aliphatic rings. The third-order valence-corrected chi connectivity index (χ3v) is 3.36. The second kappa shape index (κ2) is 6.70. The normalized spacial score (nSPS) is 11.2. The van der Waals surface area contributed by atoms with Crippen molar-refractivity contribution in [1.29, 1.82) is 0 Å². The Kier molecular flexibility index (Phi) is 4.72. The Morgan fingerprint density at radius 2 is 1.71 bits per heavy atom. The highest BCUT2D eigenvalue weighted by Gasteiger charge is 2.13. The summed E-state index contributed by atoms with van der Waals surface area (Å²) in [5, 5.41) is 15.0. The second-order valence-electron chi connectivity index (χ2n) is 4.70. The minimum Gasteiger partial charge on any atom is -0.411 e. The molecule has 2 N–H and O–H groups in total. The van der Waals surface area contributed by atoms with Crippen molar-refractivity contribution in [2.75, 3.05) is 5.32 Å². The van der Waals surface area contributed by atoms with Gasteiger partial charge in [-0.25, -0.2) is 0 Å². The first kappa shape index (κ1) is 14.8. The van der Waals surface area contributed by atoms with Crippen molar-refractivity contribution in [2.24, 2.45) is 5.16 Å². The molecular weight excluding hydrogens is 264 g/mol. The number of benzene rings is 2. The Balaban J connectivity index is 2.32. The van der Waals surface area contributed by atoms with Crippen LogP contribution in [0.5, 0.6) is 0 Å². The lowest BCUT2D eigenvalue weighted by molar-refractivity contribution is 0.102. The smallest absolute Gasteiger partial charge is 0.255 e. The number of hydrogen-bond donors (Lipinski definition) is 2.